The molecule has 0 aliphatic rings. The molecular formula is C26H28N2O6S. The van der Waals surface area contributed by atoms with Crippen LogP contribution in [0.3, 0.4) is 0 Å². The lowest BCUT2D eigenvalue weighted by atomic mass is 10.2. The van der Waals surface area contributed by atoms with Gasteiger partial charge in [-0.05, 0) is 62.7 Å². The summed E-state index contributed by atoms with van der Waals surface area (Å²) in [6, 6.07) is 17.7. The molecule has 0 heterocycles. The van der Waals surface area contributed by atoms with Gasteiger partial charge in [0.1, 0.15) is 4.90 Å². The van der Waals surface area contributed by atoms with Gasteiger partial charge in [-0.1, -0.05) is 36.8 Å². The highest BCUT2D eigenvalue weighted by atomic mass is 32.2. The molecular weight excluding hydrogens is 468 g/mol. The highest BCUT2D eigenvalue weighted by Gasteiger charge is 2.18. The summed E-state index contributed by atoms with van der Waals surface area (Å²) in [7, 11) is -4.03. The lowest BCUT2D eigenvalue weighted by Gasteiger charge is -2.12. The molecule has 0 atom stereocenters. The maximum Gasteiger partial charge on any atom is 0.339 e. The molecule has 0 aromatic heterocycles. The number of rotatable bonds is 11. The van der Waals surface area contributed by atoms with E-state index < -0.39 is 16.0 Å². The van der Waals surface area contributed by atoms with Gasteiger partial charge < -0.3 is 13.7 Å². The first-order valence-electron chi connectivity index (χ1n) is 11.2. The smallest absolute Gasteiger partial charge is 0.339 e. The zero-order valence-corrected chi connectivity index (χ0v) is 20.7. The molecule has 0 aliphatic carbocycles. The van der Waals surface area contributed by atoms with E-state index in [2.05, 4.69) is 10.5 Å². The molecule has 0 bridgehead atoms. The minimum absolute atomic E-state index is 0.0413. The first-order valence-corrected chi connectivity index (χ1v) is 12.6. The molecule has 0 spiro atoms. The van der Waals surface area contributed by atoms with Crippen LogP contribution in [0.15, 0.2) is 76.7 Å². The molecule has 9 heteroatoms. The Morgan fingerprint density at radius 2 is 1.69 bits per heavy atom. The Balaban J connectivity index is 1.73. The number of para-hydroxylation sites is 1. The number of ether oxygens (including phenoxy) is 2. The van der Waals surface area contributed by atoms with Crippen LogP contribution in [0.5, 0.6) is 17.2 Å². The SMILES string of the molecule is CCCOc1ccc(C(=O)N/N=C/c2ccccc2OS(=O)(=O)c2ccc(C)cc2)cc1OCC. The lowest BCUT2D eigenvalue weighted by Crippen LogP contribution is -2.18. The number of hydrogen-bond donors (Lipinski definition) is 1. The molecule has 3 rings (SSSR count). The van der Waals surface area contributed by atoms with Crippen LogP contribution < -0.4 is 19.1 Å². The molecule has 184 valence electrons. The summed E-state index contributed by atoms with van der Waals surface area (Å²) in [4.78, 5) is 12.6. The number of amides is 1. The van der Waals surface area contributed by atoms with Crippen molar-refractivity contribution in [3.8, 4) is 17.2 Å². The van der Waals surface area contributed by atoms with Crippen LogP contribution in [-0.2, 0) is 10.1 Å². The average Bonchev–Trinajstić information content (AvgIpc) is 2.84. The maximum atomic E-state index is 12.7. The molecule has 35 heavy (non-hydrogen) atoms. The van der Waals surface area contributed by atoms with Crippen molar-refractivity contribution in [2.45, 2.75) is 32.1 Å². The van der Waals surface area contributed by atoms with Gasteiger partial charge in [0, 0.05) is 11.1 Å². The average molecular weight is 497 g/mol. The predicted molar refractivity (Wildman–Crippen MR) is 134 cm³/mol. The van der Waals surface area contributed by atoms with Gasteiger partial charge in [0.2, 0.25) is 0 Å². The fourth-order valence-corrected chi connectivity index (χ4v) is 3.96. The number of hydrogen-bond acceptors (Lipinski definition) is 7. The summed E-state index contributed by atoms with van der Waals surface area (Å²) in [5, 5.41) is 3.97. The molecule has 0 saturated heterocycles. The van der Waals surface area contributed by atoms with Crippen molar-refractivity contribution in [1.82, 2.24) is 5.43 Å². The number of nitrogens with one attached hydrogen (secondary N) is 1. The monoisotopic (exact) mass is 496 g/mol. The first-order chi connectivity index (χ1) is 16.8. The number of carbonyl (C=O) groups excluding carboxylic acids is 1. The van der Waals surface area contributed by atoms with Crippen LogP contribution in [0.25, 0.3) is 0 Å². The second-order valence-electron chi connectivity index (χ2n) is 7.53. The van der Waals surface area contributed by atoms with Gasteiger partial charge in [0.05, 0.1) is 19.4 Å². The number of aryl methyl sites for hydroxylation is 1. The Bertz CT molecular complexity index is 1290. The standard InChI is InChI=1S/C26H28N2O6S/c1-4-16-33-24-15-12-20(17-25(24)32-5-2)26(29)28-27-18-21-8-6-7-9-23(21)34-35(30,31)22-13-10-19(3)11-14-22/h6-15,17-18H,4-5,16H2,1-3H3,(H,28,29)/b27-18+. The minimum atomic E-state index is -4.03. The normalized spacial score (nSPS) is 11.3. The van der Waals surface area contributed by atoms with E-state index in [4.69, 9.17) is 13.7 Å². The lowest BCUT2D eigenvalue weighted by molar-refractivity contribution is 0.0954. The second-order valence-corrected chi connectivity index (χ2v) is 9.08. The van der Waals surface area contributed by atoms with Crippen LogP contribution in [0.2, 0.25) is 0 Å². The zero-order valence-electron chi connectivity index (χ0n) is 19.9. The Labute approximate surface area is 205 Å². The number of hydrazone groups is 1. The molecule has 0 unspecified atom stereocenters. The second kappa shape index (κ2) is 12.0. The third-order valence-electron chi connectivity index (χ3n) is 4.77. The van der Waals surface area contributed by atoms with Gasteiger partial charge in [0.25, 0.3) is 5.91 Å². The van der Waals surface area contributed by atoms with Crippen LogP contribution in [-0.4, -0.2) is 33.8 Å². The Morgan fingerprint density at radius 3 is 2.40 bits per heavy atom. The van der Waals surface area contributed by atoms with Gasteiger partial charge >= 0.3 is 10.1 Å². The van der Waals surface area contributed by atoms with Gasteiger partial charge in [-0.25, -0.2) is 5.43 Å². The number of nitrogens with zero attached hydrogens (tertiary/aromatic N) is 1. The number of carbonyl (C=O) groups is 1. The van der Waals surface area contributed by atoms with E-state index in [1.807, 2.05) is 20.8 Å². The van der Waals surface area contributed by atoms with E-state index in [1.54, 1.807) is 48.5 Å². The fourth-order valence-electron chi connectivity index (χ4n) is 3.01. The van der Waals surface area contributed by atoms with Crippen molar-refractivity contribution in [2.24, 2.45) is 5.10 Å². The highest BCUT2D eigenvalue weighted by molar-refractivity contribution is 7.87. The molecule has 0 saturated carbocycles. The van der Waals surface area contributed by atoms with E-state index in [-0.39, 0.29) is 10.6 Å². The van der Waals surface area contributed by atoms with Crippen molar-refractivity contribution >= 4 is 22.2 Å². The fraction of sp³-hybridized carbons (Fsp3) is 0.231. The highest BCUT2D eigenvalue weighted by Crippen LogP contribution is 2.29. The van der Waals surface area contributed by atoms with Crippen molar-refractivity contribution in [3.05, 3.63) is 83.4 Å². The van der Waals surface area contributed by atoms with E-state index in [1.165, 1.54) is 24.4 Å². The van der Waals surface area contributed by atoms with E-state index in [0.29, 0.717) is 35.8 Å². The van der Waals surface area contributed by atoms with Crippen molar-refractivity contribution in [2.75, 3.05) is 13.2 Å². The van der Waals surface area contributed by atoms with Crippen LogP contribution in [0.4, 0.5) is 0 Å². The minimum Gasteiger partial charge on any atom is -0.490 e. The molecule has 0 aliphatic heterocycles. The summed E-state index contributed by atoms with van der Waals surface area (Å²) in [6.07, 6.45) is 2.17. The van der Waals surface area contributed by atoms with Crippen molar-refractivity contribution in [3.63, 3.8) is 0 Å². The van der Waals surface area contributed by atoms with Gasteiger partial charge in [-0.15, -0.1) is 0 Å². The molecule has 0 radical (unpaired) electrons. The molecule has 3 aromatic carbocycles. The van der Waals surface area contributed by atoms with Gasteiger partial charge in [-0.3, -0.25) is 4.79 Å². The third-order valence-corrected chi connectivity index (χ3v) is 6.01. The van der Waals surface area contributed by atoms with Gasteiger partial charge in [0.15, 0.2) is 17.2 Å². The Morgan fingerprint density at radius 1 is 0.943 bits per heavy atom. The Hall–Kier alpha value is -3.85. The van der Waals surface area contributed by atoms with Crippen LogP contribution >= 0.6 is 0 Å². The molecule has 8 nitrogen and oxygen atoms in total. The first kappa shape index (κ1) is 25.8. The number of benzene rings is 3. The molecule has 0 fully saturated rings. The van der Waals surface area contributed by atoms with Crippen LogP contribution in [0, 0.1) is 6.92 Å². The molecule has 3 aromatic rings. The zero-order chi connectivity index (χ0) is 25.3. The summed E-state index contributed by atoms with van der Waals surface area (Å²) in [6.45, 7) is 6.68. The topological polar surface area (TPSA) is 103 Å². The summed E-state index contributed by atoms with van der Waals surface area (Å²) < 4.78 is 41.9. The quantitative estimate of drug-likeness (QED) is 0.234. The van der Waals surface area contributed by atoms with Gasteiger partial charge in [-0.2, -0.15) is 13.5 Å². The summed E-state index contributed by atoms with van der Waals surface area (Å²) in [5.41, 5.74) is 4.08. The molecule has 1 N–H and O–H groups in total. The third kappa shape index (κ3) is 7.07. The predicted octanol–water partition coefficient (Wildman–Crippen LogP) is 4.71. The maximum absolute atomic E-state index is 12.7. The summed E-state index contributed by atoms with van der Waals surface area (Å²) in [5.74, 6) is 0.657. The largest absolute Gasteiger partial charge is 0.490 e. The molecule has 1 amide bonds. The van der Waals surface area contributed by atoms with E-state index in [0.717, 1.165) is 12.0 Å². The Kier molecular flexibility index (Phi) is 8.86. The van der Waals surface area contributed by atoms with Crippen molar-refractivity contribution in [1.29, 1.82) is 0 Å². The van der Waals surface area contributed by atoms with E-state index >= 15 is 0 Å². The summed E-state index contributed by atoms with van der Waals surface area (Å²) >= 11 is 0. The van der Waals surface area contributed by atoms with Crippen molar-refractivity contribution < 1.29 is 26.9 Å². The van der Waals surface area contributed by atoms with Crippen LogP contribution in [0.1, 0.15) is 41.8 Å². The van der Waals surface area contributed by atoms with E-state index in [9.17, 15) is 13.2 Å².